The molecule has 0 radical (unpaired) electrons. The summed E-state index contributed by atoms with van der Waals surface area (Å²) in [6.45, 7) is 1.83. The maximum atomic E-state index is 13.1. The second-order valence-electron chi connectivity index (χ2n) is 6.93. The Kier molecular flexibility index (Phi) is 5.04. The summed E-state index contributed by atoms with van der Waals surface area (Å²) in [5.74, 6) is 0.882. The van der Waals surface area contributed by atoms with Crippen molar-refractivity contribution in [2.45, 2.75) is 25.3 Å². The van der Waals surface area contributed by atoms with Gasteiger partial charge in [0.2, 0.25) is 11.9 Å². The van der Waals surface area contributed by atoms with Crippen molar-refractivity contribution in [2.75, 3.05) is 30.3 Å². The highest BCUT2D eigenvalue weighted by atomic mass is 16.7. The number of hydroxylamine groups is 2. The number of aromatic nitrogens is 3. The molecule has 2 N–H and O–H groups in total. The second kappa shape index (κ2) is 7.78. The summed E-state index contributed by atoms with van der Waals surface area (Å²) in [7, 11) is 0. The molecule has 9 nitrogen and oxygen atoms in total. The van der Waals surface area contributed by atoms with Gasteiger partial charge in [-0.2, -0.15) is 5.26 Å². The number of rotatable bonds is 3. The van der Waals surface area contributed by atoms with Gasteiger partial charge in [-0.15, -0.1) is 0 Å². The standard InChI is InChI=1S/C19H21N7O2/c20-11-15-3-7-22-19(24-15)25-8-4-13(5-9-25)18(27)26-16(6-10-28-26)14-1-2-17(21)23-12-14/h1-3,7,12-13,16H,4-6,8-10H2,(H2,21,23). The Bertz CT molecular complexity index is 888. The van der Waals surface area contributed by atoms with Crippen LogP contribution >= 0.6 is 0 Å². The first-order valence-corrected chi connectivity index (χ1v) is 9.31. The number of amides is 1. The third-order valence-electron chi connectivity index (χ3n) is 5.20. The van der Waals surface area contributed by atoms with Crippen LogP contribution in [-0.4, -0.2) is 45.6 Å². The number of nitrogens with two attached hydrogens (primary N) is 1. The first-order chi connectivity index (χ1) is 13.7. The van der Waals surface area contributed by atoms with Crippen LogP contribution in [-0.2, 0) is 9.63 Å². The van der Waals surface area contributed by atoms with Crippen LogP contribution in [0.1, 0.15) is 36.6 Å². The number of nitriles is 1. The molecule has 4 rings (SSSR count). The molecule has 0 saturated carbocycles. The molecule has 2 aliphatic heterocycles. The number of pyridine rings is 1. The molecule has 0 aromatic carbocycles. The molecule has 2 saturated heterocycles. The van der Waals surface area contributed by atoms with Crippen molar-refractivity contribution in [3.8, 4) is 6.07 Å². The zero-order valence-corrected chi connectivity index (χ0v) is 15.4. The molecule has 0 spiro atoms. The Labute approximate surface area is 162 Å². The summed E-state index contributed by atoms with van der Waals surface area (Å²) in [6, 6.07) is 7.11. The van der Waals surface area contributed by atoms with Gasteiger partial charge < -0.3 is 10.6 Å². The van der Waals surface area contributed by atoms with E-state index in [1.165, 1.54) is 5.06 Å². The van der Waals surface area contributed by atoms with Crippen molar-refractivity contribution in [1.82, 2.24) is 20.0 Å². The molecule has 28 heavy (non-hydrogen) atoms. The minimum Gasteiger partial charge on any atom is -0.384 e. The summed E-state index contributed by atoms with van der Waals surface area (Å²) in [5, 5.41) is 10.5. The highest BCUT2D eigenvalue weighted by Gasteiger charge is 2.37. The van der Waals surface area contributed by atoms with Crippen LogP contribution in [0.15, 0.2) is 30.6 Å². The fraction of sp³-hybridized carbons (Fsp3) is 0.421. The van der Waals surface area contributed by atoms with Crippen LogP contribution in [0.25, 0.3) is 0 Å². The average Bonchev–Trinajstić information content (AvgIpc) is 3.24. The SMILES string of the molecule is N#Cc1ccnc(N2CCC(C(=O)N3OCCC3c3ccc(N)nc3)CC2)n1. The number of carbonyl (C=O) groups is 1. The molecule has 4 heterocycles. The number of carbonyl (C=O) groups excluding carboxylic acids is 1. The van der Waals surface area contributed by atoms with Crippen LogP contribution < -0.4 is 10.6 Å². The van der Waals surface area contributed by atoms with Gasteiger partial charge in [0.15, 0.2) is 0 Å². The van der Waals surface area contributed by atoms with Crippen molar-refractivity contribution >= 4 is 17.7 Å². The summed E-state index contributed by atoms with van der Waals surface area (Å²) in [5.41, 5.74) is 6.93. The lowest BCUT2D eigenvalue weighted by Gasteiger charge is -2.34. The van der Waals surface area contributed by atoms with E-state index in [0.717, 1.165) is 12.0 Å². The van der Waals surface area contributed by atoms with Crippen LogP contribution in [0.5, 0.6) is 0 Å². The molecule has 1 unspecified atom stereocenters. The van der Waals surface area contributed by atoms with Crippen LogP contribution in [0.4, 0.5) is 11.8 Å². The predicted octanol–water partition coefficient (Wildman–Crippen LogP) is 1.45. The molecule has 0 aliphatic carbocycles. The quantitative estimate of drug-likeness (QED) is 0.850. The van der Waals surface area contributed by atoms with Gasteiger partial charge in [0.1, 0.15) is 17.6 Å². The van der Waals surface area contributed by atoms with E-state index in [1.807, 2.05) is 17.0 Å². The van der Waals surface area contributed by atoms with Gasteiger partial charge >= 0.3 is 0 Å². The molecule has 9 heteroatoms. The molecule has 1 amide bonds. The fourth-order valence-corrected chi connectivity index (χ4v) is 3.67. The van der Waals surface area contributed by atoms with Gasteiger partial charge in [-0.05, 0) is 30.5 Å². The molecule has 2 aromatic heterocycles. The largest absolute Gasteiger partial charge is 0.384 e. The van der Waals surface area contributed by atoms with E-state index < -0.39 is 0 Å². The van der Waals surface area contributed by atoms with Crippen LogP contribution in [0, 0.1) is 17.2 Å². The molecular weight excluding hydrogens is 358 g/mol. The third kappa shape index (κ3) is 3.59. The number of nitrogen functional groups attached to an aromatic ring is 1. The van der Waals surface area contributed by atoms with Crippen LogP contribution in [0.3, 0.4) is 0 Å². The molecule has 1 atom stereocenters. The molecule has 144 valence electrons. The Morgan fingerprint density at radius 3 is 2.75 bits per heavy atom. The Balaban J connectivity index is 1.40. The number of hydrogen-bond donors (Lipinski definition) is 1. The van der Waals surface area contributed by atoms with Crippen molar-refractivity contribution in [3.63, 3.8) is 0 Å². The summed E-state index contributed by atoms with van der Waals surface area (Å²) < 4.78 is 0. The predicted molar refractivity (Wildman–Crippen MR) is 100 cm³/mol. The van der Waals surface area contributed by atoms with E-state index >= 15 is 0 Å². The normalized spacial score (nSPS) is 20.2. The molecule has 2 aliphatic rings. The highest BCUT2D eigenvalue weighted by molar-refractivity contribution is 5.79. The van der Waals surface area contributed by atoms with E-state index in [1.54, 1.807) is 24.5 Å². The number of hydrogen-bond acceptors (Lipinski definition) is 8. The molecule has 2 fully saturated rings. The van der Waals surface area contributed by atoms with Gasteiger partial charge in [-0.1, -0.05) is 6.07 Å². The average molecular weight is 379 g/mol. The van der Waals surface area contributed by atoms with E-state index in [4.69, 9.17) is 15.8 Å². The van der Waals surface area contributed by atoms with Gasteiger partial charge in [-0.3, -0.25) is 9.63 Å². The lowest BCUT2D eigenvalue weighted by Crippen LogP contribution is -2.42. The van der Waals surface area contributed by atoms with E-state index in [9.17, 15) is 4.79 Å². The monoisotopic (exact) mass is 379 g/mol. The lowest BCUT2D eigenvalue weighted by atomic mass is 9.95. The fourth-order valence-electron chi connectivity index (χ4n) is 3.67. The number of piperidine rings is 1. The third-order valence-corrected chi connectivity index (χ3v) is 5.20. The van der Waals surface area contributed by atoms with Gasteiger partial charge in [0.25, 0.3) is 0 Å². The van der Waals surface area contributed by atoms with Crippen molar-refractivity contribution < 1.29 is 9.63 Å². The Morgan fingerprint density at radius 1 is 1.21 bits per heavy atom. The summed E-state index contributed by atoms with van der Waals surface area (Å²) in [4.78, 5) is 33.3. The van der Waals surface area contributed by atoms with Crippen LogP contribution in [0.2, 0.25) is 0 Å². The van der Waals surface area contributed by atoms with Gasteiger partial charge in [-0.25, -0.2) is 20.0 Å². The Hall–Kier alpha value is -3.25. The highest BCUT2D eigenvalue weighted by Crippen LogP contribution is 2.33. The lowest BCUT2D eigenvalue weighted by molar-refractivity contribution is -0.182. The second-order valence-corrected chi connectivity index (χ2v) is 6.93. The first kappa shape index (κ1) is 18.1. The molecule has 2 aromatic rings. The van der Waals surface area contributed by atoms with Crippen molar-refractivity contribution in [2.24, 2.45) is 5.92 Å². The molecule has 0 bridgehead atoms. The van der Waals surface area contributed by atoms with E-state index in [2.05, 4.69) is 15.0 Å². The zero-order chi connectivity index (χ0) is 19.5. The Morgan fingerprint density at radius 2 is 2.04 bits per heavy atom. The summed E-state index contributed by atoms with van der Waals surface area (Å²) in [6.07, 6.45) is 5.40. The van der Waals surface area contributed by atoms with Gasteiger partial charge in [0.05, 0.1) is 12.6 Å². The van der Waals surface area contributed by atoms with Gasteiger partial charge in [0, 0.05) is 37.8 Å². The zero-order valence-electron chi connectivity index (χ0n) is 15.4. The maximum absolute atomic E-state index is 13.1. The van der Waals surface area contributed by atoms with Crippen molar-refractivity contribution in [3.05, 3.63) is 41.9 Å². The maximum Gasteiger partial charge on any atom is 0.249 e. The number of nitrogens with zero attached hydrogens (tertiary/aromatic N) is 6. The number of anilines is 2. The first-order valence-electron chi connectivity index (χ1n) is 9.31. The molecular formula is C19H21N7O2. The summed E-state index contributed by atoms with van der Waals surface area (Å²) >= 11 is 0. The van der Waals surface area contributed by atoms with E-state index in [-0.39, 0.29) is 17.9 Å². The van der Waals surface area contributed by atoms with E-state index in [0.29, 0.717) is 50.0 Å². The topological polar surface area (TPSA) is 121 Å². The smallest absolute Gasteiger partial charge is 0.249 e. The van der Waals surface area contributed by atoms with Crippen molar-refractivity contribution in [1.29, 1.82) is 5.26 Å². The minimum absolute atomic E-state index is 0.00525. The minimum atomic E-state index is -0.130.